The second-order valence-electron chi connectivity index (χ2n) is 2.82. The van der Waals surface area contributed by atoms with Gasteiger partial charge >= 0.3 is 0 Å². The number of aryl methyl sites for hydroxylation is 2. The molecule has 0 N–H and O–H groups in total. The maximum absolute atomic E-state index is 12.6. The third-order valence-corrected chi connectivity index (χ3v) is 1.82. The number of halogens is 1. The van der Waals surface area contributed by atoms with Crippen LogP contribution in [0, 0.1) is 12.7 Å². The van der Waals surface area contributed by atoms with E-state index < -0.39 is 0 Å². The second-order valence-corrected chi connectivity index (χ2v) is 2.82. The van der Waals surface area contributed by atoms with Gasteiger partial charge < -0.3 is 0 Å². The predicted octanol–water partition coefficient (Wildman–Crippen LogP) is 4.11. The van der Waals surface area contributed by atoms with Gasteiger partial charge in [-0.15, -0.1) is 0 Å². The molecule has 0 aliphatic rings. The van der Waals surface area contributed by atoms with Crippen molar-refractivity contribution in [1.82, 2.24) is 0 Å². The Morgan fingerprint density at radius 1 is 1.23 bits per heavy atom. The lowest BCUT2D eigenvalue weighted by Crippen LogP contribution is -1.88. The summed E-state index contributed by atoms with van der Waals surface area (Å²) in [6.45, 7) is 8.08. The number of rotatable bonds is 2. The third-order valence-electron chi connectivity index (χ3n) is 1.82. The van der Waals surface area contributed by atoms with Crippen molar-refractivity contribution in [1.29, 1.82) is 0 Å². The molecule has 0 atom stereocenters. The Morgan fingerprint density at radius 2 is 1.85 bits per heavy atom. The molecule has 0 saturated heterocycles. The first-order valence-electron chi connectivity index (χ1n) is 4.99. The van der Waals surface area contributed by atoms with E-state index in [2.05, 4.69) is 6.92 Å². The second kappa shape index (κ2) is 6.64. The average Bonchev–Trinajstić information content (AvgIpc) is 2.14. The Labute approximate surface area is 80.8 Å². The van der Waals surface area contributed by atoms with Crippen molar-refractivity contribution in [2.75, 3.05) is 0 Å². The van der Waals surface area contributed by atoms with Crippen LogP contribution in [0.4, 0.5) is 4.39 Å². The molecule has 0 spiro atoms. The van der Waals surface area contributed by atoms with Gasteiger partial charge in [-0.1, -0.05) is 33.3 Å². The first-order chi connectivity index (χ1) is 6.24. The van der Waals surface area contributed by atoms with Crippen LogP contribution in [0.15, 0.2) is 18.2 Å². The van der Waals surface area contributed by atoms with Gasteiger partial charge in [0.15, 0.2) is 0 Å². The quantitative estimate of drug-likeness (QED) is 0.645. The van der Waals surface area contributed by atoms with E-state index in [0.29, 0.717) is 0 Å². The van der Waals surface area contributed by atoms with Crippen molar-refractivity contribution in [3.63, 3.8) is 0 Å². The SMILES string of the molecule is CC.CCCc1ccc(F)cc1C. The maximum Gasteiger partial charge on any atom is 0.123 e. The largest absolute Gasteiger partial charge is 0.207 e. The molecule has 74 valence electrons. The summed E-state index contributed by atoms with van der Waals surface area (Å²) in [7, 11) is 0. The van der Waals surface area contributed by atoms with Gasteiger partial charge in [0.05, 0.1) is 0 Å². The minimum absolute atomic E-state index is 0.137. The summed E-state index contributed by atoms with van der Waals surface area (Å²) in [4.78, 5) is 0. The molecule has 0 aliphatic heterocycles. The van der Waals surface area contributed by atoms with Crippen LogP contribution in [0.5, 0.6) is 0 Å². The molecule has 1 rings (SSSR count). The van der Waals surface area contributed by atoms with Crippen LogP contribution in [0.2, 0.25) is 0 Å². The normalized spacial score (nSPS) is 9.00. The zero-order valence-electron chi connectivity index (χ0n) is 9.02. The Balaban J connectivity index is 0.000000671. The van der Waals surface area contributed by atoms with Crippen LogP contribution in [0.25, 0.3) is 0 Å². The van der Waals surface area contributed by atoms with Crippen molar-refractivity contribution in [2.45, 2.75) is 40.5 Å². The molecule has 0 unspecified atom stereocenters. The zero-order valence-corrected chi connectivity index (χ0v) is 9.02. The van der Waals surface area contributed by atoms with E-state index in [-0.39, 0.29) is 5.82 Å². The van der Waals surface area contributed by atoms with E-state index in [9.17, 15) is 4.39 Å². The summed E-state index contributed by atoms with van der Waals surface area (Å²) >= 11 is 0. The predicted molar refractivity (Wildman–Crippen MR) is 56.5 cm³/mol. The Bertz CT molecular complexity index is 241. The van der Waals surface area contributed by atoms with Crippen molar-refractivity contribution in [3.8, 4) is 0 Å². The molecule has 13 heavy (non-hydrogen) atoms. The molecule has 1 heteroatoms. The van der Waals surface area contributed by atoms with Crippen molar-refractivity contribution < 1.29 is 4.39 Å². The summed E-state index contributed by atoms with van der Waals surface area (Å²) in [6, 6.07) is 4.98. The van der Waals surface area contributed by atoms with Crippen molar-refractivity contribution in [2.24, 2.45) is 0 Å². The summed E-state index contributed by atoms with van der Waals surface area (Å²) < 4.78 is 12.6. The summed E-state index contributed by atoms with van der Waals surface area (Å²) in [5.74, 6) is -0.137. The summed E-state index contributed by atoms with van der Waals surface area (Å²) in [6.07, 6.45) is 2.17. The van der Waals surface area contributed by atoms with Crippen LogP contribution >= 0.6 is 0 Å². The molecule has 0 bridgehead atoms. The molecular formula is C12H19F. The van der Waals surface area contributed by atoms with Gasteiger partial charge in [0.1, 0.15) is 5.82 Å². The van der Waals surface area contributed by atoms with Gasteiger partial charge in [-0.3, -0.25) is 0 Å². The molecule has 1 aromatic carbocycles. The van der Waals surface area contributed by atoms with Crippen molar-refractivity contribution in [3.05, 3.63) is 35.1 Å². The number of hydrogen-bond acceptors (Lipinski definition) is 0. The van der Waals surface area contributed by atoms with E-state index in [0.717, 1.165) is 18.4 Å². The van der Waals surface area contributed by atoms with E-state index in [4.69, 9.17) is 0 Å². The highest BCUT2D eigenvalue weighted by molar-refractivity contribution is 5.26. The molecule has 0 fully saturated rings. The van der Waals surface area contributed by atoms with Crippen LogP contribution in [0.1, 0.15) is 38.3 Å². The monoisotopic (exact) mass is 182 g/mol. The van der Waals surface area contributed by atoms with Crippen LogP contribution in [-0.4, -0.2) is 0 Å². The lowest BCUT2D eigenvalue weighted by molar-refractivity contribution is 0.625. The molecule has 0 heterocycles. The lowest BCUT2D eigenvalue weighted by atomic mass is 10.0. The Hall–Kier alpha value is -0.850. The highest BCUT2D eigenvalue weighted by atomic mass is 19.1. The molecule has 0 radical (unpaired) electrons. The molecule has 0 amide bonds. The Morgan fingerprint density at radius 3 is 2.31 bits per heavy atom. The van der Waals surface area contributed by atoms with Crippen LogP contribution in [0.3, 0.4) is 0 Å². The van der Waals surface area contributed by atoms with Gasteiger partial charge in [0.25, 0.3) is 0 Å². The summed E-state index contributed by atoms with van der Waals surface area (Å²) in [5, 5.41) is 0. The first-order valence-corrected chi connectivity index (χ1v) is 4.99. The topological polar surface area (TPSA) is 0 Å². The van der Waals surface area contributed by atoms with Gasteiger partial charge in [-0.2, -0.15) is 0 Å². The molecule has 0 aliphatic carbocycles. The molecular weight excluding hydrogens is 163 g/mol. The molecule has 1 aromatic rings. The summed E-state index contributed by atoms with van der Waals surface area (Å²) in [5.41, 5.74) is 2.32. The fourth-order valence-corrected chi connectivity index (χ4v) is 1.21. The minimum atomic E-state index is -0.137. The highest BCUT2D eigenvalue weighted by Crippen LogP contribution is 2.11. The standard InChI is InChI=1S/C10H13F.C2H6/c1-3-4-9-5-6-10(11)7-8(9)2;1-2/h5-7H,3-4H2,1-2H3;1-2H3. The average molecular weight is 182 g/mol. The van der Waals surface area contributed by atoms with Crippen LogP contribution < -0.4 is 0 Å². The van der Waals surface area contributed by atoms with Gasteiger partial charge in [0, 0.05) is 0 Å². The molecule has 0 aromatic heterocycles. The first kappa shape index (κ1) is 12.2. The molecule has 0 saturated carbocycles. The maximum atomic E-state index is 12.6. The smallest absolute Gasteiger partial charge is 0.123 e. The van der Waals surface area contributed by atoms with Gasteiger partial charge in [-0.25, -0.2) is 4.39 Å². The van der Waals surface area contributed by atoms with E-state index >= 15 is 0 Å². The zero-order chi connectivity index (χ0) is 10.3. The van der Waals surface area contributed by atoms with E-state index in [1.165, 1.54) is 11.6 Å². The highest BCUT2D eigenvalue weighted by Gasteiger charge is 1.97. The van der Waals surface area contributed by atoms with E-state index in [1.807, 2.05) is 26.8 Å². The number of benzene rings is 1. The van der Waals surface area contributed by atoms with Crippen LogP contribution in [-0.2, 0) is 6.42 Å². The van der Waals surface area contributed by atoms with Crippen molar-refractivity contribution >= 4 is 0 Å². The van der Waals surface area contributed by atoms with E-state index in [1.54, 1.807) is 6.07 Å². The third kappa shape index (κ3) is 4.07. The lowest BCUT2D eigenvalue weighted by Gasteiger charge is -2.02. The number of hydrogen-bond donors (Lipinski definition) is 0. The minimum Gasteiger partial charge on any atom is -0.207 e. The fraction of sp³-hybridized carbons (Fsp3) is 0.500. The molecule has 0 nitrogen and oxygen atoms in total. The van der Waals surface area contributed by atoms with Gasteiger partial charge in [0.2, 0.25) is 0 Å². The Kier molecular flexibility index (Phi) is 6.21. The fourth-order valence-electron chi connectivity index (χ4n) is 1.21. The van der Waals surface area contributed by atoms with Gasteiger partial charge in [-0.05, 0) is 36.6 Å².